The van der Waals surface area contributed by atoms with E-state index in [1.165, 1.54) is 5.56 Å². The summed E-state index contributed by atoms with van der Waals surface area (Å²) in [6.45, 7) is 2.68. The number of nitrogens with one attached hydrogen (secondary N) is 1. The van der Waals surface area contributed by atoms with Gasteiger partial charge < -0.3 is 15.2 Å². The molecule has 0 aromatic heterocycles. The molecule has 16 heavy (non-hydrogen) atoms. The Hall–Kier alpha value is -0.900. The van der Waals surface area contributed by atoms with Gasteiger partial charge in [0, 0.05) is 19.1 Å². The van der Waals surface area contributed by atoms with Crippen molar-refractivity contribution in [2.24, 2.45) is 5.92 Å². The standard InChI is InChI=1S/C13H19NO2/c15-9-12-6-7-14-8-13(12)16-10-11-4-2-1-3-5-11/h1-5,12-15H,6-10H2. The SMILES string of the molecule is OCC1CCNCC1OCc1ccccc1. The highest BCUT2D eigenvalue weighted by Gasteiger charge is 2.24. The fraction of sp³-hybridized carbons (Fsp3) is 0.538. The second-order valence-electron chi connectivity index (χ2n) is 4.27. The number of piperidine rings is 1. The predicted octanol–water partition coefficient (Wildman–Crippen LogP) is 1.17. The molecule has 1 aromatic carbocycles. The van der Waals surface area contributed by atoms with Crippen molar-refractivity contribution in [2.45, 2.75) is 19.1 Å². The molecule has 1 aliphatic rings. The quantitative estimate of drug-likeness (QED) is 0.802. The summed E-state index contributed by atoms with van der Waals surface area (Å²) in [6.07, 6.45) is 1.13. The third-order valence-corrected chi connectivity index (χ3v) is 3.10. The van der Waals surface area contributed by atoms with Crippen LogP contribution in [0.15, 0.2) is 30.3 Å². The van der Waals surface area contributed by atoms with Crippen molar-refractivity contribution in [1.82, 2.24) is 5.32 Å². The number of aliphatic hydroxyl groups excluding tert-OH is 1. The topological polar surface area (TPSA) is 41.5 Å². The molecular formula is C13H19NO2. The molecule has 1 heterocycles. The minimum absolute atomic E-state index is 0.138. The van der Waals surface area contributed by atoms with Crippen LogP contribution in [-0.2, 0) is 11.3 Å². The van der Waals surface area contributed by atoms with Crippen LogP contribution in [0.25, 0.3) is 0 Å². The molecule has 0 radical (unpaired) electrons. The van der Waals surface area contributed by atoms with Crippen LogP contribution in [-0.4, -0.2) is 30.9 Å². The van der Waals surface area contributed by atoms with E-state index in [0.717, 1.165) is 19.5 Å². The van der Waals surface area contributed by atoms with E-state index in [1.807, 2.05) is 18.2 Å². The van der Waals surface area contributed by atoms with E-state index in [-0.39, 0.29) is 18.6 Å². The Balaban J connectivity index is 1.84. The molecule has 0 bridgehead atoms. The summed E-state index contributed by atoms with van der Waals surface area (Å²) in [5.41, 5.74) is 1.18. The zero-order valence-electron chi connectivity index (χ0n) is 9.43. The van der Waals surface area contributed by atoms with Crippen molar-refractivity contribution in [1.29, 1.82) is 0 Å². The number of hydrogen-bond donors (Lipinski definition) is 2. The lowest BCUT2D eigenvalue weighted by Gasteiger charge is -2.30. The highest BCUT2D eigenvalue weighted by atomic mass is 16.5. The maximum atomic E-state index is 9.25. The summed E-state index contributed by atoms with van der Waals surface area (Å²) < 4.78 is 5.85. The minimum Gasteiger partial charge on any atom is -0.396 e. The van der Waals surface area contributed by atoms with Crippen molar-refractivity contribution < 1.29 is 9.84 Å². The van der Waals surface area contributed by atoms with Crippen LogP contribution < -0.4 is 5.32 Å². The van der Waals surface area contributed by atoms with Gasteiger partial charge in [-0.05, 0) is 18.5 Å². The van der Waals surface area contributed by atoms with Gasteiger partial charge in [-0.15, -0.1) is 0 Å². The molecule has 0 spiro atoms. The van der Waals surface area contributed by atoms with Crippen LogP contribution in [0.1, 0.15) is 12.0 Å². The van der Waals surface area contributed by atoms with E-state index in [1.54, 1.807) is 0 Å². The van der Waals surface area contributed by atoms with Gasteiger partial charge >= 0.3 is 0 Å². The molecule has 1 aliphatic heterocycles. The predicted molar refractivity (Wildman–Crippen MR) is 63.1 cm³/mol. The van der Waals surface area contributed by atoms with Crippen molar-refractivity contribution in [3.05, 3.63) is 35.9 Å². The van der Waals surface area contributed by atoms with Gasteiger partial charge in [-0.2, -0.15) is 0 Å². The van der Waals surface area contributed by atoms with Crippen LogP contribution in [0.3, 0.4) is 0 Å². The van der Waals surface area contributed by atoms with Gasteiger partial charge in [0.15, 0.2) is 0 Å². The molecule has 3 heteroatoms. The lowest BCUT2D eigenvalue weighted by Crippen LogP contribution is -2.43. The Labute approximate surface area is 96.4 Å². The summed E-state index contributed by atoms with van der Waals surface area (Å²) in [6, 6.07) is 10.2. The van der Waals surface area contributed by atoms with Crippen LogP contribution in [0.4, 0.5) is 0 Å². The molecule has 2 N–H and O–H groups in total. The molecule has 1 aromatic rings. The normalized spacial score (nSPS) is 25.6. The molecule has 88 valence electrons. The number of rotatable bonds is 4. The first kappa shape index (κ1) is 11.6. The van der Waals surface area contributed by atoms with Crippen molar-refractivity contribution in [3.63, 3.8) is 0 Å². The summed E-state index contributed by atoms with van der Waals surface area (Å²) in [4.78, 5) is 0. The Morgan fingerprint density at radius 2 is 2.12 bits per heavy atom. The molecule has 2 unspecified atom stereocenters. The van der Waals surface area contributed by atoms with E-state index in [4.69, 9.17) is 4.74 Å². The Kier molecular flexibility index (Phi) is 4.34. The zero-order valence-corrected chi connectivity index (χ0v) is 9.43. The molecule has 1 fully saturated rings. The van der Waals surface area contributed by atoms with Crippen LogP contribution in [0, 0.1) is 5.92 Å². The molecule has 1 saturated heterocycles. The Morgan fingerprint density at radius 1 is 1.31 bits per heavy atom. The van der Waals surface area contributed by atoms with E-state index >= 15 is 0 Å². The summed E-state index contributed by atoms with van der Waals surface area (Å²) in [5, 5.41) is 12.6. The smallest absolute Gasteiger partial charge is 0.0754 e. The van der Waals surface area contributed by atoms with E-state index < -0.39 is 0 Å². The van der Waals surface area contributed by atoms with Crippen LogP contribution in [0.5, 0.6) is 0 Å². The first-order valence-electron chi connectivity index (χ1n) is 5.87. The minimum atomic E-state index is 0.138. The van der Waals surface area contributed by atoms with Gasteiger partial charge in [0.1, 0.15) is 0 Å². The maximum absolute atomic E-state index is 9.25. The lowest BCUT2D eigenvalue weighted by atomic mass is 9.96. The molecule has 2 atom stereocenters. The Morgan fingerprint density at radius 3 is 2.88 bits per heavy atom. The maximum Gasteiger partial charge on any atom is 0.0754 e. The largest absolute Gasteiger partial charge is 0.396 e. The number of hydrogen-bond acceptors (Lipinski definition) is 3. The average Bonchev–Trinajstić information content (AvgIpc) is 2.38. The number of ether oxygens (including phenoxy) is 1. The highest BCUT2D eigenvalue weighted by molar-refractivity contribution is 5.13. The third kappa shape index (κ3) is 3.04. The van der Waals surface area contributed by atoms with Gasteiger partial charge in [0.25, 0.3) is 0 Å². The van der Waals surface area contributed by atoms with Crippen LogP contribution >= 0.6 is 0 Å². The molecule has 2 rings (SSSR count). The van der Waals surface area contributed by atoms with Gasteiger partial charge in [-0.3, -0.25) is 0 Å². The van der Waals surface area contributed by atoms with E-state index in [2.05, 4.69) is 17.4 Å². The fourth-order valence-corrected chi connectivity index (χ4v) is 2.07. The molecule has 0 aliphatic carbocycles. The van der Waals surface area contributed by atoms with Gasteiger partial charge in [0.05, 0.1) is 12.7 Å². The van der Waals surface area contributed by atoms with Crippen molar-refractivity contribution in [2.75, 3.05) is 19.7 Å². The van der Waals surface area contributed by atoms with E-state index in [0.29, 0.717) is 6.61 Å². The monoisotopic (exact) mass is 221 g/mol. The van der Waals surface area contributed by atoms with Crippen LogP contribution in [0.2, 0.25) is 0 Å². The molecular weight excluding hydrogens is 202 g/mol. The summed E-state index contributed by atoms with van der Waals surface area (Å²) in [7, 11) is 0. The summed E-state index contributed by atoms with van der Waals surface area (Å²) >= 11 is 0. The first-order valence-corrected chi connectivity index (χ1v) is 5.87. The van der Waals surface area contributed by atoms with Gasteiger partial charge in [-0.25, -0.2) is 0 Å². The van der Waals surface area contributed by atoms with Crippen molar-refractivity contribution >= 4 is 0 Å². The molecule has 0 amide bonds. The third-order valence-electron chi connectivity index (χ3n) is 3.10. The average molecular weight is 221 g/mol. The second-order valence-corrected chi connectivity index (χ2v) is 4.27. The lowest BCUT2D eigenvalue weighted by molar-refractivity contribution is -0.0290. The fourth-order valence-electron chi connectivity index (χ4n) is 2.07. The second kappa shape index (κ2) is 5.99. The molecule has 0 saturated carbocycles. The van der Waals surface area contributed by atoms with E-state index in [9.17, 15) is 5.11 Å². The highest BCUT2D eigenvalue weighted by Crippen LogP contribution is 2.16. The Bertz CT molecular complexity index is 302. The number of aliphatic hydroxyl groups is 1. The van der Waals surface area contributed by atoms with Gasteiger partial charge in [-0.1, -0.05) is 30.3 Å². The van der Waals surface area contributed by atoms with Gasteiger partial charge in [0.2, 0.25) is 0 Å². The summed E-state index contributed by atoms with van der Waals surface area (Å²) in [5.74, 6) is 0.282. The van der Waals surface area contributed by atoms with Crippen molar-refractivity contribution in [3.8, 4) is 0 Å². The first-order chi connectivity index (χ1) is 7.90. The molecule has 3 nitrogen and oxygen atoms in total. The number of benzene rings is 1. The zero-order chi connectivity index (χ0) is 11.2.